The molecule has 0 atom stereocenters. The van der Waals surface area contributed by atoms with Gasteiger partial charge in [0, 0.05) is 68.5 Å². The summed E-state index contributed by atoms with van der Waals surface area (Å²) >= 11 is 0. The summed E-state index contributed by atoms with van der Waals surface area (Å²) in [6.45, 7) is 0. The highest BCUT2D eigenvalue weighted by molar-refractivity contribution is 5.87. The quantitative estimate of drug-likeness (QED) is 0.175. The highest BCUT2D eigenvalue weighted by atomic mass is 35.5. The molecule has 0 saturated carbocycles. The normalized spacial score (nSPS) is 10.2. The summed E-state index contributed by atoms with van der Waals surface area (Å²) in [4.78, 5) is 20.5. The van der Waals surface area contributed by atoms with E-state index in [9.17, 15) is 0 Å². The number of aliphatic hydroxyl groups excluding tert-OH is 4. The fourth-order valence-electron chi connectivity index (χ4n) is 3.79. The molecule has 206 valence electrons. The lowest BCUT2D eigenvalue weighted by atomic mass is 10.1. The van der Waals surface area contributed by atoms with E-state index in [4.69, 9.17) is 25.4 Å². The number of fused-ring (bicyclic) bond motifs is 8. The molecule has 0 radical (unpaired) electrons. The van der Waals surface area contributed by atoms with Gasteiger partial charge in [-0.25, -0.2) is 9.97 Å². The summed E-state index contributed by atoms with van der Waals surface area (Å²) in [5, 5.41) is 28.0. The van der Waals surface area contributed by atoms with E-state index in [1.165, 1.54) is 0 Å². The predicted molar refractivity (Wildman–Crippen MR) is 162 cm³/mol. The topological polar surface area (TPSA) is 151 Å². The Morgan fingerprint density at radius 2 is 1.00 bits per heavy atom. The van der Waals surface area contributed by atoms with E-state index in [2.05, 4.69) is 50.3 Å². The van der Waals surface area contributed by atoms with Crippen LogP contribution in [0.4, 0.5) is 0 Å². The van der Waals surface area contributed by atoms with Gasteiger partial charge in [0.05, 0.1) is 22.8 Å². The number of H-pyrrole nitrogens is 2. The molecule has 8 bridgehead atoms. The summed E-state index contributed by atoms with van der Waals surface area (Å²) in [5.41, 5.74) is 9.89. The smallest absolute Gasteiger partial charge is 0.0659 e. The number of nitrogens with zero attached hydrogens (tertiary/aromatic N) is 3. The number of hydrogen-bond acceptors (Lipinski definition) is 7. The van der Waals surface area contributed by atoms with Gasteiger partial charge in [-0.05, 0) is 84.5 Å². The Hall–Kier alpha value is -4.12. The van der Waals surface area contributed by atoms with E-state index in [0.29, 0.717) is 0 Å². The highest BCUT2D eigenvalue weighted by Crippen LogP contribution is 2.27. The molecule has 9 nitrogen and oxygen atoms in total. The summed E-state index contributed by atoms with van der Waals surface area (Å²) in [6, 6.07) is 18.5. The van der Waals surface area contributed by atoms with Crippen LogP contribution in [0.15, 0.2) is 67.0 Å². The molecule has 6 heterocycles. The summed E-state index contributed by atoms with van der Waals surface area (Å²) in [6.07, 6.45) is 11.7. The van der Waals surface area contributed by atoms with E-state index >= 15 is 0 Å². The molecular weight excluding hydrogens is 518 g/mol. The first-order chi connectivity index (χ1) is 18.8. The zero-order chi connectivity index (χ0) is 27.9. The van der Waals surface area contributed by atoms with Crippen molar-refractivity contribution in [2.45, 2.75) is 0 Å². The first kappa shape index (κ1) is 32.9. The van der Waals surface area contributed by atoms with Gasteiger partial charge >= 0.3 is 0 Å². The SMILES string of the molecule is C1=Cc2cc3ccc(cc4cc(-c5ccncc5)c(cc5nc(cc1n2)C=C5)[nH]4)[nH]3.CO.CO.CO.CO.Cl. The van der Waals surface area contributed by atoms with Gasteiger partial charge in [-0.1, -0.05) is 0 Å². The number of aromatic amines is 2. The van der Waals surface area contributed by atoms with Crippen molar-refractivity contribution >= 4 is 58.8 Å². The van der Waals surface area contributed by atoms with Gasteiger partial charge in [0.25, 0.3) is 0 Å². The molecule has 6 rings (SSSR count). The van der Waals surface area contributed by atoms with Crippen molar-refractivity contribution < 1.29 is 20.4 Å². The minimum atomic E-state index is 0. The second-order valence-corrected chi connectivity index (χ2v) is 7.32. The average Bonchev–Trinajstić information content (AvgIpc) is 3.79. The van der Waals surface area contributed by atoms with Crippen LogP contribution < -0.4 is 0 Å². The van der Waals surface area contributed by atoms with Crippen LogP contribution in [0, 0.1) is 0 Å². The number of hydrogen-bond donors (Lipinski definition) is 6. The lowest BCUT2D eigenvalue weighted by molar-refractivity contribution is 0.399. The van der Waals surface area contributed by atoms with Gasteiger partial charge in [0.1, 0.15) is 0 Å². The second kappa shape index (κ2) is 17.4. The molecule has 2 aliphatic rings. The third-order valence-electron chi connectivity index (χ3n) is 5.16. The zero-order valence-electron chi connectivity index (χ0n) is 22.2. The molecule has 6 N–H and O–H groups in total. The minimum absolute atomic E-state index is 0. The Kier molecular flexibility index (Phi) is 14.7. The van der Waals surface area contributed by atoms with E-state index in [1.807, 2.05) is 61.0 Å². The van der Waals surface area contributed by atoms with E-state index in [1.54, 1.807) is 0 Å². The Bertz CT molecular complexity index is 1510. The van der Waals surface area contributed by atoms with Crippen molar-refractivity contribution in [3.05, 3.63) is 89.8 Å². The van der Waals surface area contributed by atoms with Crippen molar-refractivity contribution in [2.24, 2.45) is 0 Å². The van der Waals surface area contributed by atoms with E-state index in [-0.39, 0.29) is 12.4 Å². The molecule has 0 aliphatic carbocycles. The van der Waals surface area contributed by atoms with Crippen LogP contribution in [0.25, 0.3) is 57.5 Å². The Balaban J connectivity index is 0.000000779. The van der Waals surface area contributed by atoms with Crippen molar-refractivity contribution in [3.8, 4) is 11.1 Å². The monoisotopic (exact) mass is 551 g/mol. The maximum atomic E-state index is 7.00. The first-order valence-electron chi connectivity index (χ1n) is 11.6. The van der Waals surface area contributed by atoms with Crippen LogP contribution in [0.5, 0.6) is 0 Å². The third-order valence-corrected chi connectivity index (χ3v) is 5.16. The van der Waals surface area contributed by atoms with E-state index in [0.717, 1.165) is 84.4 Å². The molecule has 0 unspecified atom stereocenters. The maximum Gasteiger partial charge on any atom is 0.0659 e. The molecule has 4 aromatic heterocycles. The molecule has 10 heteroatoms. The van der Waals surface area contributed by atoms with Gasteiger partial charge < -0.3 is 30.4 Å². The summed E-state index contributed by atoms with van der Waals surface area (Å²) < 4.78 is 0. The molecule has 4 aromatic rings. The largest absolute Gasteiger partial charge is 0.400 e. The minimum Gasteiger partial charge on any atom is -0.400 e. The Labute approximate surface area is 233 Å². The summed E-state index contributed by atoms with van der Waals surface area (Å²) in [5.74, 6) is 0. The lowest BCUT2D eigenvalue weighted by Crippen LogP contribution is -1.78. The van der Waals surface area contributed by atoms with Crippen molar-refractivity contribution in [3.63, 3.8) is 0 Å². The van der Waals surface area contributed by atoms with Crippen LogP contribution in [0.2, 0.25) is 0 Å². The second-order valence-electron chi connectivity index (χ2n) is 7.32. The number of rotatable bonds is 1. The van der Waals surface area contributed by atoms with Crippen molar-refractivity contribution in [2.75, 3.05) is 28.4 Å². The average molecular weight is 552 g/mol. The van der Waals surface area contributed by atoms with Gasteiger partial charge in [-0.3, -0.25) is 4.98 Å². The van der Waals surface area contributed by atoms with Crippen LogP contribution in [0.3, 0.4) is 0 Å². The fraction of sp³-hybridized carbons (Fsp3) is 0.138. The third kappa shape index (κ3) is 8.71. The lowest BCUT2D eigenvalue weighted by Gasteiger charge is -1.97. The first-order valence-corrected chi connectivity index (χ1v) is 11.6. The van der Waals surface area contributed by atoms with Gasteiger partial charge in [-0.15, -0.1) is 12.4 Å². The Morgan fingerprint density at radius 3 is 1.56 bits per heavy atom. The van der Waals surface area contributed by atoms with Crippen molar-refractivity contribution in [1.29, 1.82) is 0 Å². The zero-order valence-corrected chi connectivity index (χ0v) is 23.0. The van der Waals surface area contributed by atoms with Gasteiger partial charge in [0.15, 0.2) is 0 Å². The maximum absolute atomic E-state index is 7.00. The molecular formula is C29H34ClN5O4. The molecule has 0 fully saturated rings. The standard InChI is InChI=1S/C25H17N5.4CH4O.ClH/c1-2-18-12-20-5-6-22(29-20)15-25-24(16-7-9-26-10-8-16)14-23(30-25)13-21-4-3-19(28-21)11-17(1)27-18;4*1-2;/h1-15,28,30H;4*2H,1H3;1H. The molecule has 2 aliphatic heterocycles. The van der Waals surface area contributed by atoms with Gasteiger partial charge in [0.2, 0.25) is 0 Å². The number of halogens is 1. The van der Waals surface area contributed by atoms with E-state index < -0.39 is 0 Å². The molecule has 0 aromatic carbocycles. The molecule has 0 amide bonds. The Morgan fingerprint density at radius 1 is 0.513 bits per heavy atom. The number of aromatic nitrogens is 5. The number of aliphatic hydroxyl groups is 4. The fourth-order valence-corrected chi connectivity index (χ4v) is 3.79. The molecule has 39 heavy (non-hydrogen) atoms. The van der Waals surface area contributed by atoms with Crippen LogP contribution in [-0.4, -0.2) is 73.8 Å². The van der Waals surface area contributed by atoms with Crippen LogP contribution >= 0.6 is 12.4 Å². The predicted octanol–water partition coefficient (Wildman–Crippen LogP) is 4.57. The summed E-state index contributed by atoms with van der Waals surface area (Å²) in [7, 11) is 4.00. The highest BCUT2D eigenvalue weighted by Gasteiger charge is 2.06. The number of pyridine rings is 1. The van der Waals surface area contributed by atoms with Crippen LogP contribution in [-0.2, 0) is 0 Å². The van der Waals surface area contributed by atoms with Gasteiger partial charge in [-0.2, -0.15) is 0 Å². The molecule has 0 spiro atoms. The number of nitrogens with one attached hydrogen (secondary N) is 2. The molecule has 0 saturated heterocycles. The van der Waals surface area contributed by atoms with Crippen molar-refractivity contribution in [1.82, 2.24) is 24.9 Å². The van der Waals surface area contributed by atoms with Crippen LogP contribution in [0.1, 0.15) is 22.8 Å².